The van der Waals surface area contributed by atoms with Crippen molar-refractivity contribution in [3.05, 3.63) is 72.2 Å². The van der Waals surface area contributed by atoms with Crippen molar-refractivity contribution in [2.75, 3.05) is 0 Å². The van der Waals surface area contributed by atoms with E-state index in [1.807, 2.05) is 48.8 Å². The highest BCUT2D eigenvalue weighted by Crippen LogP contribution is 2.38. The standard InChI is InChI=1S/C16H13N3O/c1-2-5-13(6-3-1)11-19-12-17-14-7-4-8-15-16(14,19)9-10-20-18-15/h1-10,12H,11H2. The zero-order valence-corrected chi connectivity index (χ0v) is 10.8. The van der Waals surface area contributed by atoms with Gasteiger partial charge in [-0.05, 0) is 23.8 Å². The molecule has 1 spiro atoms. The summed E-state index contributed by atoms with van der Waals surface area (Å²) >= 11 is 0. The van der Waals surface area contributed by atoms with Crippen LogP contribution in [-0.2, 0) is 11.4 Å². The molecule has 3 aliphatic rings. The molecule has 1 aromatic carbocycles. The van der Waals surface area contributed by atoms with Gasteiger partial charge in [0.25, 0.3) is 0 Å². The van der Waals surface area contributed by atoms with Crippen LogP contribution in [0.15, 0.2) is 76.7 Å². The van der Waals surface area contributed by atoms with Gasteiger partial charge in [-0.3, -0.25) is 0 Å². The van der Waals surface area contributed by atoms with E-state index in [4.69, 9.17) is 4.84 Å². The molecule has 0 amide bonds. The average molecular weight is 263 g/mol. The van der Waals surface area contributed by atoms with Crippen LogP contribution in [0.25, 0.3) is 0 Å². The zero-order valence-electron chi connectivity index (χ0n) is 10.8. The Morgan fingerprint density at radius 2 is 2.10 bits per heavy atom. The molecule has 1 unspecified atom stereocenters. The first-order valence-corrected chi connectivity index (χ1v) is 6.55. The van der Waals surface area contributed by atoms with E-state index in [1.165, 1.54) is 5.56 Å². The van der Waals surface area contributed by atoms with E-state index in [1.54, 1.807) is 6.26 Å². The molecule has 4 nitrogen and oxygen atoms in total. The van der Waals surface area contributed by atoms with Crippen molar-refractivity contribution in [1.29, 1.82) is 0 Å². The number of hydrogen-bond acceptors (Lipinski definition) is 4. The molecule has 0 saturated heterocycles. The second kappa shape index (κ2) is 4.20. The maximum Gasteiger partial charge on any atom is 0.151 e. The molecular formula is C16H13N3O. The minimum absolute atomic E-state index is 0.414. The van der Waals surface area contributed by atoms with E-state index in [9.17, 15) is 0 Å². The van der Waals surface area contributed by atoms with E-state index < -0.39 is 5.54 Å². The van der Waals surface area contributed by atoms with Gasteiger partial charge >= 0.3 is 0 Å². The minimum atomic E-state index is -0.414. The summed E-state index contributed by atoms with van der Waals surface area (Å²) in [4.78, 5) is 11.8. The highest BCUT2D eigenvalue weighted by molar-refractivity contribution is 6.10. The number of oxime groups is 1. The van der Waals surface area contributed by atoms with Gasteiger partial charge in [0.1, 0.15) is 12.0 Å². The summed E-state index contributed by atoms with van der Waals surface area (Å²) in [5, 5.41) is 4.16. The molecule has 0 radical (unpaired) electrons. The Bertz CT molecular complexity index is 685. The van der Waals surface area contributed by atoms with Crippen molar-refractivity contribution in [1.82, 2.24) is 4.90 Å². The zero-order chi connectivity index (χ0) is 13.4. The van der Waals surface area contributed by atoms with Gasteiger partial charge in [-0.25, -0.2) is 4.99 Å². The molecule has 1 aromatic rings. The van der Waals surface area contributed by atoms with Crippen LogP contribution in [-0.4, -0.2) is 22.5 Å². The first-order chi connectivity index (χ1) is 9.89. The molecule has 0 saturated carbocycles. The number of allylic oxidation sites excluding steroid dienone is 2. The molecule has 0 aromatic heterocycles. The molecule has 2 heterocycles. The highest BCUT2D eigenvalue weighted by atomic mass is 16.6. The van der Waals surface area contributed by atoms with Crippen LogP contribution in [0.2, 0.25) is 0 Å². The Labute approximate surface area is 117 Å². The van der Waals surface area contributed by atoms with Crippen molar-refractivity contribution >= 4 is 12.1 Å². The van der Waals surface area contributed by atoms with Crippen LogP contribution in [0.3, 0.4) is 0 Å². The van der Waals surface area contributed by atoms with E-state index in [0.717, 1.165) is 18.0 Å². The van der Waals surface area contributed by atoms with Gasteiger partial charge in [-0.2, -0.15) is 0 Å². The number of benzene rings is 1. The number of nitrogens with zero attached hydrogens (tertiary/aromatic N) is 3. The predicted molar refractivity (Wildman–Crippen MR) is 78.1 cm³/mol. The van der Waals surface area contributed by atoms with E-state index in [2.05, 4.69) is 27.2 Å². The Balaban J connectivity index is 1.75. The van der Waals surface area contributed by atoms with Gasteiger partial charge < -0.3 is 9.74 Å². The molecule has 4 heteroatoms. The SMILES string of the molecule is C1=CC2=NOC=CC23C(=C1)N=CN3Cc1ccccc1. The molecule has 1 aliphatic carbocycles. The van der Waals surface area contributed by atoms with Gasteiger partial charge in [0.2, 0.25) is 0 Å². The third-order valence-corrected chi connectivity index (χ3v) is 3.80. The van der Waals surface area contributed by atoms with Crippen molar-refractivity contribution in [3.8, 4) is 0 Å². The monoisotopic (exact) mass is 263 g/mol. The van der Waals surface area contributed by atoms with Crippen LogP contribution < -0.4 is 0 Å². The van der Waals surface area contributed by atoms with Gasteiger partial charge in [0.15, 0.2) is 5.54 Å². The Hall–Kier alpha value is -2.62. The lowest BCUT2D eigenvalue weighted by Crippen LogP contribution is -2.51. The van der Waals surface area contributed by atoms with E-state index in [-0.39, 0.29) is 0 Å². The van der Waals surface area contributed by atoms with Gasteiger partial charge in [0.05, 0.1) is 12.0 Å². The normalized spacial score (nSPS) is 25.7. The summed E-state index contributed by atoms with van der Waals surface area (Å²) < 4.78 is 0. The predicted octanol–water partition coefficient (Wildman–Crippen LogP) is 2.62. The molecule has 0 N–H and O–H groups in total. The molecule has 4 rings (SSSR count). The fraction of sp³-hybridized carbons (Fsp3) is 0.125. The minimum Gasteiger partial charge on any atom is -0.365 e. The first kappa shape index (κ1) is 11.2. The third kappa shape index (κ3) is 1.48. The fourth-order valence-electron chi connectivity index (χ4n) is 2.80. The quantitative estimate of drug-likeness (QED) is 0.822. The number of hydrogen-bond donors (Lipinski definition) is 0. The summed E-state index contributed by atoms with van der Waals surface area (Å²) in [7, 11) is 0. The second-order valence-electron chi connectivity index (χ2n) is 4.92. The van der Waals surface area contributed by atoms with Gasteiger partial charge in [-0.15, -0.1) is 0 Å². The molecule has 2 aliphatic heterocycles. The van der Waals surface area contributed by atoms with Crippen molar-refractivity contribution in [2.24, 2.45) is 10.1 Å². The van der Waals surface area contributed by atoms with Crippen LogP contribution in [0, 0.1) is 0 Å². The van der Waals surface area contributed by atoms with Gasteiger partial charge in [-0.1, -0.05) is 41.6 Å². The van der Waals surface area contributed by atoms with Crippen molar-refractivity contribution in [2.45, 2.75) is 12.1 Å². The summed E-state index contributed by atoms with van der Waals surface area (Å²) in [6.07, 6.45) is 11.5. The highest BCUT2D eigenvalue weighted by Gasteiger charge is 2.47. The molecule has 0 fully saturated rings. The lowest BCUT2D eigenvalue weighted by atomic mass is 9.84. The van der Waals surface area contributed by atoms with Gasteiger partial charge in [0, 0.05) is 6.54 Å². The average Bonchev–Trinajstić information content (AvgIpc) is 2.85. The maximum absolute atomic E-state index is 5.09. The Kier molecular flexibility index (Phi) is 2.36. The molecule has 1 atom stereocenters. The molecule has 0 bridgehead atoms. The van der Waals surface area contributed by atoms with Crippen LogP contribution in [0.5, 0.6) is 0 Å². The summed E-state index contributed by atoms with van der Waals surface area (Å²) in [6, 6.07) is 10.4. The summed E-state index contributed by atoms with van der Waals surface area (Å²) in [5.74, 6) is 0. The maximum atomic E-state index is 5.09. The number of rotatable bonds is 2. The summed E-state index contributed by atoms with van der Waals surface area (Å²) in [6.45, 7) is 0.777. The lowest BCUT2D eigenvalue weighted by Gasteiger charge is -2.38. The van der Waals surface area contributed by atoms with E-state index >= 15 is 0 Å². The topological polar surface area (TPSA) is 37.2 Å². The summed E-state index contributed by atoms with van der Waals surface area (Å²) in [5.41, 5.74) is 2.67. The Morgan fingerprint density at radius 3 is 3.00 bits per heavy atom. The second-order valence-corrected chi connectivity index (χ2v) is 4.92. The van der Waals surface area contributed by atoms with Crippen LogP contribution in [0.4, 0.5) is 0 Å². The van der Waals surface area contributed by atoms with Crippen molar-refractivity contribution < 1.29 is 4.84 Å². The van der Waals surface area contributed by atoms with Crippen LogP contribution in [0.1, 0.15) is 5.56 Å². The lowest BCUT2D eigenvalue weighted by molar-refractivity contribution is 0.237. The Morgan fingerprint density at radius 1 is 1.20 bits per heavy atom. The van der Waals surface area contributed by atoms with E-state index in [0.29, 0.717) is 0 Å². The first-order valence-electron chi connectivity index (χ1n) is 6.55. The molecule has 98 valence electrons. The molecular weight excluding hydrogens is 250 g/mol. The fourth-order valence-corrected chi connectivity index (χ4v) is 2.80. The largest absolute Gasteiger partial charge is 0.365 e. The van der Waals surface area contributed by atoms with Crippen molar-refractivity contribution in [3.63, 3.8) is 0 Å². The molecule has 20 heavy (non-hydrogen) atoms. The smallest absolute Gasteiger partial charge is 0.151 e. The third-order valence-electron chi connectivity index (χ3n) is 3.80. The van der Waals surface area contributed by atoms with Crippen LogP contribution >= 0.6 is 0 Å². The number of aliphatic imine (C=N–C) groups is 1.